The van der Waals surface area contributed by atoms with Gasteiger partial charge in [-0.05, 0) is 18.8 Å². The van der Waals surface area contributed by atoms with Gasteiger partial charge in [0.1, 0.15) is 5.82 Å². The van der Waals surface area contributed by atoms with Crippen LogP contribution in [0.2, 0.25) is 0 Å². The van der Waals surface area contributed by atoms with Crippen LogP contribution in [0.4, 0.5) is 0 Å². The maximum atomic E-state index is 10.6. The van der Waals surface area contributed by atoms with E-state index >= 15 is 0 Å². The van der Waals surface area contributed by atoms with Crippen molar-refractivity contribution in [2.75, 3.05) is 5.75 Å². The Morgan fingerprint density at radius 1 is 1.32 bits per heavy atom. The quantitative estimate of drug-likeness (QED) is 0.744. The molecule has 0 atom stereocenters. The summed E-state index contributed by atoms with van der Waals surface area (Å²) in [6.07, 6.45) is 2.22. The fourth-order valence-electron chi connectivity index (χ4n) is 1.83. The molecule has 0 aromatic carbocycles. The van der Waals surface area contributed by atoms with E-state index < -0.39 is 5.97 Å². The van der Waals surface area contributed by atoms with Crippen LogP contribution in [0.5, 0.6) is 0 Å². The highest BCUT2D eigenvalue weighted by atomic mass is 32.2. The number of nitrogens with zero attached hydrogens (tertiary/aromatic N) is 3. The van der Waals surface area contributed by atoms with E-state index in [2.05, 4.69) is 42.5 Å². The van der Waals surface area contributed by atoms with E-state index in [0.29, 0.717) is 11.8 Å². The van der Waals surface area contributed by atoms with Crippen LogP contribution in [-0.4, -0.2) is 31.6 Å². The average Bonchev–Trinajstić information content (AvgIpc) is 2.69. The first-order valence-electron chi connectivity index (χ1n) is 6.69. The normalized spacial score (nSPS) is 11.5. The van der Waals surface area contributed by atoms with Gasteiger partial charge in [0, 0.05) is 12.5 Å². The molecule has 0 saturated carbocycles. The number of carboxylic acid groups (broad SMARTS) is 1. The largest absolute Gasteiger partial charge is 0.481 e. The van der Waals surface area contributed by atoms with Gasteiger partial charge >= 0.3 is 5.97 Å². The molecule has 0 fully saturated rings. The first-order valence-corrected chi connectivity index (χ1v) is 7.68. The predicted octanol–water partition coefficient (Wildman–Crippen LogP) is 3.01. The lowest BCUT2D eigenvalue weighted by atomic mass is 10.1. The molecule has 1 heterocycles. The highest BCUT2D eigenvalue weighted by molar-refractivity contribution is 7.99. The summed E-state index contributed by atoms with van der Waals surface area (Å²) < 4.78 is 2.07. The summed E-state index contributed by atoms with van der Waals surface area (Å²) in [6.45, 7) is 9.43. The van der Waals surface area contributed by atoms with Crippen LogP contribution < -0.4 is 0 Å². The van der Waals surface area contributed by atoms with Crippen molar-refractivity contribution in [3.05, 3.63) is 5.82 Å². The number of carbonyl (C=O) groups is 1. The van der Waals surface area contributed by atoms with Gasteiger partial charge in [-0.25, -0.2) is 0 Å². The summed E-state index contributed by atoms with van der Waals surface area (Å²) in [6, 6.07) is 0. The molecular formula is C13H23N3O2S. The van der Waals surface area contributed by atoms with Crippen LogP contribution in [0.3, 0.4) is 0 Å². The molecule has 0 aliphatic heterocycles. The summed E-state index contributed by atoms with van der Waals surface area (Å²) in [7, 11) is 0. The minimum absolute atomic E-state index is 0.0282. The van der Waals surface area contributed by atoms with Gasteiger partial charge in [-0.15, -0.1) is 10.2 Å². The van der Waals surface area contributed by atoms with Crippen molar-refractivity contribution < 1.29 is 9.90 Å². The van der Waals surface area contributed by atoms with Crippen molar-refractivity contribution in [3.63, 3.8) is 0 Å². The van der Waals surface area contributed by atoms with Crippen molar-refractivity contribution >= 4 is 17.7 Å². The lowest BCUT2D eigenvalue weighted by molar-refractivity contribution is -0.133. The van der Waals surface area contributed by atoms with E-state index in [1.54, 1.807) is 0 Å². The molecule has 0 aliphatic carbocycles. The van der Waals surface area contributed by atoms with Gasteiger partial charge < -0.3 is 9.67 Å². The first-order chi connectivity index (χ1) is 8.91. The third kappa shape index (κ3) is 5.22. The lowest BCUT2D eigenvalue weighted by Crippen LogP contribution is -2.09. The number of thioether (sulfide) groups is 1. The van der Waals surface area contributed by atoms with Crippen LogP contribution in [0.25, 0.3) is 0 Å². The van der Waals surface area contributed by atoms with Crippen molar-refractivity contribution in [2.45, 2.75) is 58.2 Å². The van der Waals surface area contributed by atoms with E-state index in [-0.39, 0.29) is 5.75 Å². The molecule has 0 bridgehead atoms. The Hall–Kier alpha value is -1.04. The molecule has 0 saturated heterocycles. The molecule has 19 heavy (non-hydrogen) atoms. The Morgan fingerprint density at radius 3 is 2.53 bits per heavy atom. The van der Waals surface area contributed by atoms with Crippen molar-refractivity contribution in [2.24, 2.45) is 5.92 Å². The number of rotatable bonds is 8. The standard InChI is InChI=1S/C13H23N3O2S/c1-9(2)6-5-7-16-12(10(3)4)14-15-13(16)19-8-11(17)18/h9-10H,5-8H2,1-4H3,(H,17,18). The molecule has 1 aromatic heterocycles. The summed E-state index contributed by atoms with van der Waals surface area (Å²) in [5.41, 5.74) is 0. The highest BCUT2D eigenvalue weighted by Gasteiger charge is 2.16. The SMILES string of the molecule is CC(C)CCCn1c(SCC(=O)O)nnc1C(C)C. The number of carboxylic acids is 1. The van der Waals surface area contributed by atoms with E-state index in [1.165, 1.54) is 11.8 Å². The number of aromatic nitrogens is 3. The third-order valence-electron chi connectivity index (χ3n) is 2.75. The Morgan fingerprint density at radius 2 is 2.00 bits per heavy atom. The zero-order valence-electron chi connectivity index (χ0n) is 12.1. The van der Waals surface area contributed by atoms with Crippen molar-refractivity contribution in [3.8, 4) is 0 Å². The molecule has 0 amide bonds. The van der Waals surface area contributed by atoms with Gasteiger partial charge in [0.05, 0.1) is 5.75 Å². The second-order valence-electron chi connectivity index (χ2n) is 5.37. The van der Waals surface area contributed by atoms with Gasteiger partial charge in [0.2, 0.25) is 0 Å². The van der Waals surface area contributed by atoms with Crippen molar-refractivity contribution in [1.29, 1.82) is 0 Å². The molecule has 1 aromatic rings. The zero-order valence-corrected chi connectivity index (χ0v) is 12.9. The number of aliphatic carboxylic acids is 1. The molecular weight excluding hydrogens is 262 g/mol. The number of hydrogen-bond donors (Lipinski definition) is 1. The summed E-state index contributed by atoms with van der Waals surface area (Å²) in [5.74, 6) is 1.12. The molecule has 6 heteroatoms. The Kier molecular flexibility index (Phi) is 6.34. The van der Waals surface area contributed by atoms with Gasteiger partial charge in [-0.3, -0.25) is 4.79 Å². The topological polar surface area (TPSA) is 68.0 Å². The molecule has 1 rings (SSSR count). The Labute approximate surface area is 118 Å². The molecule has 1 N–H and O–H groups in total. The summed E-state index contributed by atoms with van der Waals surface area (Å²) in [4.78, 5) is 10.6. The van der Waals surface area contributed by atoms with E-state index in [0.717, 1.165) is 30.4 Å². The van der Waals surface area contributed by atoms with Gasteiger partial charge in [0.15, 0.2) is 5.16 Å². The van der Waals surface area contributed by atoms with E-state index in [4.69, 9.17) is 5.11 Å². The fraction of sp³-hybridized carbons (Fsp3) is 0.769. The molecule has 0 aliphatic rings. The van der Waals surface area contributed by atoms with E-state index in [1.807, 2.05) is 0 Å². The van der Waals surface area contributed by atoms with Crippen LogP contribution in [0.15, 0.2) is 5.16 Å². The maximum absolute atomic E-state index is 10.6. The maximum Gasteiger partial charge on any atom is 0.313 e. The van der Waals surface area contributed by atoms with E-state index in [9.17, 15) is 4.79 Å². The summed E-state index contributed by atoms with van der Waals surface area (Å²) >= 11 is 1.24. The van der Waals surface area contributed by atoms with Crippen LogP contribution in [0, 0.1) is 5.92 Å². The second kappa shape index (κ2) is 7.53. The third-order valence-corrected chi connectivity index (χ3v) is 3.70. The predicted molar refractivity (Wildman–Crippen MR) is 76.5 cm³/mol. The fourth-order valence-corrected chi connectivity index (χ4v) is 2.52. The van der Waals surface area contributed by atoms with Crippen LogP contribution >= 0.6 is 11.8 Å². The van der Waals surface area contributed by atoms with Gasteiger partial charge in [-0.2, -0.15) is 0 Å². The first kappa shape index (κ1) is 16.0. The smallest absolute Gasteiger partial charge is 0.313 e. The Bertz CT molecular complexity index is 416. The van der Waals surface area contributed by atoms with Gasteiger partial charge in [0.25, 0.3) is 0 Å². The lowest BCUT2D eigenvalue weighted by Gasteiger charge is -2.12. The van der Waals surface area contributed by atoms with Crippen LogP contribution in [0.1, 0.15) is 52.3 Å². The molecule has 0 radical (unpaired) electrons. The molecule has 5 nitrogen and oxygen atoms in total. The minimum atomic E-state index is -0.826. The molecule has 108 valence electrons. The minimum Gasteiger partial charge on any atom is -0.481 e. The van der Waals surface area contributed by atoms with Crippen LogP contribution in [-0.2, 0) is 11.3 Å². The monoisotopic (exact) mass is 285 g/mol. The second-order valence-corrected chi connectivity index (χ2v) is 6.31. The summed E-state index contributed by atoms with van der Waals surface area (Å²) in [5, 5.41) is 17.8. The molecule has 0 unspecified atom stereocenters. The molecule has 0 spiro atoms. The zero-order chi connectivity index (χ0) is 14.4. The highest BCUT2D eigenvalue weighted by Crippen LogP contribution is 2.22. The number of hydrogen-bond acceptors (Lipinski definition) is 4. The van der Waals surface area contributed by atoms with Gasteiger partial charge in [-0.1, -0.05) is 39.5 Å². The van der Waals surface area contributed by atoms with Crippen molar-refractivity contribution in [1.82, 2.24) is 14.8 Å². The average molecular weight is 285 g/mol. The Balaban J connectivity index is 2.76.